The van der Waals surface area contributed by atoms with E-state index >= 15 is 0 Å². The third kappa shape index (κ3) is 4.66. The minimum absolute atomic E-state index is 0.0116. The number of hydrogen-bond acceptors (Lipinski definition) is 8. The van der Waals surface area contributed by atoms with Crippen molar-refractivity contribution < 1.29 is 38.2 Å². The van der Waals surface area contributed by atoms with Crippen LogP contribution in [0.15, 0.2) is 46.6 Å². The van der Waals surface area contributed by atoms with E-state index in [9.17, 15) is 24.0 Å². The second-order valence-electron chi connectivity index (χ2n) is 20.5. The molecule has 2 spiro atoms. The van der Waals surface area contributed by atoms with Gasteiger partial charge in [-0.25, -0.2) is 0 Å². The molecule has 2 heterocycles. The Labute approximate surface area is 325 Å². The lowest BCUT2D eigenvalue weighted by molar-refractivity contribution is -0.163. The van der Waals surface area contributed by atoms with Crippen LogP contribution in [-0.4, -0.2) is 47.8 Å². The average Bonchev–Trinajstić information content (AvgIpc) is 3.38. The second-order valence-corrected chi connectivity index (χ2v) is 20.5. The summed E-state index contributed by atoms with van der Waals surface area (Å²) in [6, 6.07) is 0. The van der Waals surface area contributed by atoms with Gasteiger partial charge < -0.3 is 14.2 Å². The minimum atomic E-state index is -0.392. The minimum Gasteiger partial charge on any atom is -0.469 e. The third-order valence-corrected chi connectivity index (χ3v) is 18.7. The summed E-state index contributed by atoms with van der Waals surface area (Å²) >= 11 is 0. The van der Waals surface area contributed by atoms with Crippen molar-refractivity contribution in [2.45, 2.75) is 142 Å². The lowest BCUT2D eigenvalue weighted by atomic mass is 9.48. The number of rotatable bonds is 1. The summed E-state index contributed by atoms with van der Waals surface area (Å²) in [6.45, 7) is 9.33. The van der Waals surface area contributed by atoms with Crippen molar-refractivity contribution in [2.24, 2.45) is 63.1 Å². The van der Waals surface area contributed by atoms with Gasteiger partial charge in [0.1, 0.15) is 11.2 Å². The predicted molar refractivity (Wildman–Crippen MR) is 203 cm³/mol. The van der Waals surface area contributed by atoms with Crippen molar-refractivity contribution in [3.8, 4) is 0 Å². The largest absolute Gasteiger partial charge is 0.469 e. The number of methoxy groups -OCH3 is 1. The predicted octanol–water partition coefficient (Wildman–Crippen LogP) is 8.28. The van der Waals surface area contributed by atoms with Gasteiger partial charge in [-0.15, -0.1) is 0 Å². The zero-order valence-electron chi connectivity index (χ0n) is 33.4. The molecule has 13 atom stereocenters. The van der Waals surface area contributed by atoms with Crippen LogP contribution in [-0.2, 0) is 38.2 Å². The molecule has 11 rings (SSSR count). The highest BCUT2D eigenvalue weighted by atomic mass is 16.6. The molecule has 11 aliphatic rings. The van der Waals surface area contributed by atoms with Gasteiger partial charge in [-0.1, -0.05) is 62.1 Å². The monoisotopic (exact) mass is 750 g/mol. The smallest absolute Gasteiger partial charge is 0.309 e. The number of esters is 3. The maximum absolute atomic E-state index is 12.9. The van der Waals surface area contributed by atoms with E-state index in [1.807, 2.05) is 6.08 Å². The molecule has 9 aliphatic carbocycles. The fourth-order valence-corrected chi connectivity index (χ4v) is 15.5. The normalized spacial score (nSPS) is 49.6. The molecule has 294 valence electrons. The summed E-state index contributed by atoms with van der Waals surface area (Å²) in [6.07, 6.45) is 22.4. The summed E-state index contributed by atoms with van der Waals surface area (Å²) < 4.78 is 17.3. The van der Waals surface area contributed by atoms with Crippen LogP contribution in [0.4, 0.5) is 0 Å². The Hall–Kier alpha value is -3.29. The number of hydrogen-bond donors (Lipinski definition) is 0. The van der Waals surface area contributed by atoms with E-state index in [-0.39, 0.29) is 68.7 Å². The summed E-state index contributed by atoms with van der Waals surface area (Å²) in [7, 11) is 1.46. The molecule has 0 aromatic heterocycles. The molecule has 0 aromatic carbocycles. The first-order valence-corrected chi connectivity index (χ1v) is 21.5. The van der Waals surface area contributed by atoms with E-state index < -0.39 is 5.60 Å². The standard InChI is InChI=1S/C24H30O5.C23H28O3/c1-22-8-4-15(25)12-14(22)13-16(21(27)28-3)20-17(22)5-9-23(2)18(20)6-10-24(23)11-7-19(26)29-24;1-21-7-3-13(24)11-18(21)14-12-15(14)20-16(21)4-8-22(2)17(20)5-9-23(22)10-6-19(25)26-23/h5,12,16,18,20H,4,6-11,13H2,1-3H3;4,11,14-15,17,20H,3,5-10,12H2,1-2H3/t16?,18?,20?,22?,23?,24-;14?,15?,17?,20?,21?,22?,23-/m11/s1. The van der Waals surface area contributed by atoms with Crippen LogP contribution in [0.2, 0.25) is 0 Å². The van der Waals surface area contributed by atoms with Gasteiger partial charge in [-0.3, -0.25) is 24.0 Å². The van der Waals surface area contributed by atoms with Crippen molar-refractivity contribution in [3.05, 3.63) is 46.6 Å². The molecule has 2 aliphatic heterocycles. The van der Waals surface area contributed by atoms with Crippen molar-refractivity contribution in [1.82, 2.24) is 0 Å². The van der Waals surface area contributed by atoms with E-state index in [1.165, 1.54) is 31.1 Å². The number of fused-ring (bicyclic) bond motifs is 15. The van der Waals surface area contributed by atoms with Gasteiger partial charge >= 0.3 is 17.9 Å². The molecule has 8 nitrogen and oxygen atoms in total. The van der Waals surface area contributed by atoms with E-state index in [2.05, 4.69) is 39.8 Å². The van der Waals surface area contributed by atoms with Gasteiger partial charge in [0.05, 0.1) is 13.0 Å². The van der Waals surface area contributed by atoms with Crippen LogP contribution in [0.5, 0.6) is 0 Å². The summed E-state index contributed by atoms with van der Waals surface area (Å²) in [5, 5.41) is 0. The van der Waals surface area contributed by atoms with Crippen LogP contribution in [0.3, 0.4) is 0 Å². The van der Waals surface area contributed by atoms with Crippen LogP contribution in [0.25, 0.3) is 0 Å². The third-order valence-electron chi connectivity index (χ3n) is 18.7. The first-order chi connectivity index (χ1) is 26.1. The fraction of sp³-hybridized carbons (Fsp3) is 0.723. The van der Waals surface area contributed by atoms with Crippen molar-refractivity contribution in [3.63, 3.8) is 0 Å². The van der Waals surface area contributed by atoms with Crippen LogP contribution < -0.4 is 0 Å². The Morgan fingerprint density at radius 1 is 0.673 bits per heavy atom. The highest BCUT2D eigenvalue weighted by Crippen LogP contribution is 2.75. The lowest BCUT2D eigenvalue weighted by Crippen LogP contribution is -2.53. The number of ketones is 2. The Bertz CT molecular complexity index is 1950. The molecule has 0 radical (unpaired) electrons. The lowest BCUT2D eigenvalue weighted by Gasteiger charge is -2.56. The van der Waals surface area contributed by atoms with Crippen molar-refractivity contribution in [2.75, 3.05) is 7.11 Å². The van der Waals surface area contributed by atoms with Gasteiger partial charge in [-0.05, 0) is 125 Å². The maximum Gasteiger partial charge on any atom is 0.309 e. The van der Waals surface area contributed by atoms with Crippen molar-refractivity contribution in [1.29, 1.82) is 0 Å². The fourth-order valence-electron chi connectivity index (χ4n) is 15.5. The Balaban J connectivity index is 0.000000136. The molecule has 7 fully saturated rings. The summed E-state index contributed by atoms with van der Waals surface area (Å²) in [5.41, 5.74) is 4.81. The molecule has 55 heavy (non-hydrogen) atoms. The Morgan fingerprint density at radius 3 is 1.78 bits per heavy atom. The van der Waals surface area contributed by atoms with E-state index in [0.717, 1.165) is 69.3 Å². The molecule has 8 heteroatoms. The summed E-state index contributed by atoms with van der Waals surface area (Å²) in [4.78, 5) is 61.1. The maximum atomic E-state index is 12.9. The Kier molecular flexibility index (Phi) is 7.64. The number of allylic oxidation sites excluding steroid dienone is 8. The van der Waals surface area contributed by atoms with Crippen LogP contribution >= 0.6 is 0 Å². The molecular weight excluding hydrogens is 693 g/mol. The van der Waals surface area contributed by atoms with E-state index in [0.29, 0.717) is 55.6 Å². The SMILES string of the molecule is CC12CCC(=O)C=C1C1CC1C1C2=CCC2(C)C1CC[C@@]21CCC(=O)O1.COC(=O)C1CC2=CC(=O)CCC2(C)C2=CCC3(C)C(CC[C@@]34CCC(=O)O4)C21. The van der Waals surface area contributed by atoms with Gasteiger partial charge in [0.25, 0.3) is 0 Å². The molecule has 0 amide bonds. The van der Waals surface area contributed by atoms with Crippen molar-refractivity contribution >= 4 is 29.5 Å². The zero-order valence-corrected chi connectivity index (χ0v) is 33.4. The molecule has 0 aromatic rings. The Morgan fingerprint density at radius 2 is 1.22 bits per heavy atom. The average molecular weight is 751 g/mol. The molecular formula is C47H58O8. The highest BCUT2D eigenvalue weighted by molar-refractivity contribution is 5.93. The van der Waals surface area contributed by atoms with E-state index in [4.69, 9.17) is 14.2 Å². The van der Waals surface area contributed by atoms with Gasteiger partial charge in [0.2, 0.25) is 0 Å². The topological polar surface area (TPSA) is 113 Å². The molecule has 0 bridgehead atoms. The molecule has 11 unspecified atom stereocenters. The summed E-state index contributed by atoms with van der Waals surface area (Å²) in [5.74, 6) is 2.99. The van der Waals surface area contributed by atoms with Crippen LogP contribution in [0.1, 0.15) is 130 Å². The van der Waals surface area contributed by atoms with Gasteiger partial charge in [-0.2, -0.15) is 0 Å². The second kappa shape index (κ2) is 11.7. The molecule has 5 saturated carbocycles. The van der Waals surface area contributed by atoms with Gasteiger partial charge in [0, 0.05) is 47.3 Å². The zero-order chi connectivity index (χ0) is 38.5. The number of ether oxygens (including phenoxy) is 3. The first-order valence-electron chi connectivity index (χ1n) is 21.5. The van der Waals surface area contributed by atoms with Crippen LogP contribution in [0, 0.1) is 63.1 Å². The molecule has 0 N–H and O–H groups in total. The van der Waals surface area contributed by atoms with Gasteiger partial charge in [0.15, 0.2) is 11.6 Å². The first kappa shape index (κ1) is 36.1. The number of carbonyl (C=O) groups excluding carboxylic acids is 5. The van der Waals surface area contributed by atoms with E-state index in [1.54, 1.807) is 11.6 Å². The number of carbonyl (C=O) groups is 5. The molecule has 2 saturated heterocycles. The quantitative estimate of drug-likeness (QED) is 0.150. The highest BCUT2D eigenvalue weighted by Gasteiger charge is 2.70.